The number of aryl methyl sites for hydroxylation is 2. The second-order valence-corrected chi connectivity index (χ2v) is 6.81. The maximum Gasteiger partial charge on any atom is 0.226 e. The van der Waals surface area contributed by atoms with E-state index in [1.165, 1.54) is 11.1 Å². The van der Waals surface area contributed by atoms with Gasteiger partial charge in [0.25, 0.3) is 0 Å². The van der Waals surface area contributed by atoms with Crippen molar-refractivity contribution in [3.63, 3.8) is 0 Å². The fraction of sp³-hybridized carbons (Fsp3) is 0.304. The Labute approximate surface area is 172 Å². The van der Waals surface area contributed by atoms with Crippen molar-refractivity contribution in [3.05, 3.63) is 71.6 Å². The Morgan fingerprint density at radius 2 is 1.83 bits per heavy atom. The van der Waals surface area contributed by atoms with Gasteiger partial charge in [0.1, 0.15) is 12.0 Å². The van der Waals surface area contributed by atoms with Gasteiger partial charge in [-0.05, 0) is 49.6 Å². The summed E-state index contributed by atoms with van der Waals surface area (Å²) < 4.78 is 10.8. The van der Waals surface area contributed by atoms with Crippen LogP contribution in [-0.4, -0.2) is 31.6 Å². The van der Waals surface area contributed by atoms with Crippen molar-refractivity contribution >= 4 is 5.96 Å². The molecule has 0 spiro atoms. The summed E-state index contributed by atoms with van der Waals surface area (Å²) in [4.78, 5) is 8.81. The first-order valence-corrected chi connectivity index (χ1v) is 9.77. The number of nitrogens with one attached hydrogen (secondary N) is 2. The topological polar surface area (TPSA) is 71.7 Å². The number of benzene rings is 2. The molecule has 0 atom stereocenters. The van der Waals surface area contributed by atoms with Gasteiger partial charge in [-0.3, -0.25) is 4.99 Å². The smallest absolute Gasteiger partial charge is 0.226 e. The van der Waals surface area contributed by atoms with Gasteiger partial charge >= 0.3 is 0 Å². The Kier molecular flexibility index (Phi) is 7.28. The molecule has 6 heteroatoms. The van der Waals surface area contributed by atoms with Gasteiger partial charge in [0.2, 0.25) is 5.89 Å². The summed E-state index contributed by atoms with van der Waals surface area (Å²) in [5.74, 6) is 2.26. The molecule has 29 heavy (non-hydrogen) atoms. The van der Waals surface area contributed by atoms with Crippen molar-refractivity contribution in [1.29, 1.82) is 0 Å². The molecule has 0 bridgehead atoms. The molecule has 0 amide bonds. The number of ether oxygens (including phenoxy) is 1. The number of oxazole rings is 1. The lowest BCUT2D eigenvalue weighted by Gasteiger charge is -2.11. The lowest BCUT2D eigenvalue weighted by Crippen LogP contribution is -2.37. The molecule has 3 aromatic rings. The van der Waals surface area contributed by atoms with Crippen molar-refractivity contribution in [2.45, 2.75) is 26.3 Å². The van der Waals surface area contributed by atoms with E-state index in [1.54, 1.807) is 20.4 Å². The first-order chi connectivity index (χ1) is 14.2. The average Bonchev–Trinajstić information content (AvgIpc) is 3.23. The van der Waals surface area contributed by atoms with Crippen molar-refractivity contribution in [2.75, 3.05) is 20.7 Å². The zero-order valence-electron chi connectivity index (χ0n) is 17.2. The van der Waals surface area contributed by atoms with Gasteiger partial charge in [-0.1, -0.05) is 29.8 Å². The number of aliphatic imine (C=N–C) groups is 1. The molecule has 152 valence electrons. The van der Waals surface area contributed by atoms with Gasteiger partial charge < -0.3 is 19.8 Å². The van der Waals surface area contributed by atoms with Crippen LogP contribution in [0.2, 0.25) is 0 Å². The molecule has 3 rings (SSSR count). The molecule has 2 aromatic carbocycles. The van der Waals surface area contributed by atoms with E-state index in [2.05, 4.69) is 51.8 Å². The number of aromatic nitrogens is 1. The second kappa shape index (κ2) is 10.3. The van der Waals surface area contributed by atoms with Crippen LogP contribution in [0.1, 0.15) is 23.2 Å². The molecule has 0 radical (unpaired) electrons. The molecular weight excluding hydrogens is 364 g/mol. The molecule has 6 nitrogen and oxygen atoms in total. The van der Waals surface area contributed by atoms with Crippen LogP contribution in [0.5, 0.6) is 5.75 Å². The minimum atomic E-state index is 0.549. The first-order valence-electron chi connectivity index (χ1n) is 9.77. The SMILES string of the molecule is CN=C(NCCCc1ccc(OC)cc1)NCc1coc(-c2ccc(C)cc2)n1. The van der Waals surface area contributed by atoms with Gasteiger partial charge in [-0.2, -0.15) is 0 Å². The zero-order valence-corrected chi connectivity index (χ0v) is 17.2. The predicted molar refractivity (Wildman–Crippen MR) is 116 cm³/mol. The van der Waals surface area contributed by atoms with Crippen LogP contribution >= 0.6 is 0 Å². The fourth-order valence-electron chi connectivity index (χ4n) is 2.90. The summed E-state index contributed by atoms with van der Waals surface area (Å²) in [6.45, 7) is 3.44. The number of methoxy groups -OCH3 is 1. The molecule has 0 saturated carbocycles. The van der Waals surface area contributed by atoms with Crippen LogP contribution in [0.4, 0.5) is 0 Å². The quantitative estimate of drug-likeness (QED) is 0.345. The third-order valence-electron chi connectivity index (χ3n) is 4.60. The third kappa shape index (κ3) is 6.10. The highest BCUT2D eigenvalue weighted by Crippen LogP contribution is 2.19. The van der Waals surface area contributed by atoms with E-state index in [0.29, 0.717) is 12.4 Å². The summed E-state index contributed by atoms with van der Waals surface area (Å²) in [6, 6.07) is 16.3. The van der Waals surface area contributed by atoms with E-state index in [9.17, 15) is 0 Å². The van der Waals surface area contributed by atoms with E-state index < -0.39 is 0 Å². The molecule has 0 aliphatic rings. The fourth-order valence-corrected chi connectivity index (χ4v) is 2.90. The maximum absolute atomic E-state index is 5.60. The lowest BCUT2D eigenvalue weighted by molar-refractivity contribution is 0.414. The van der Waals surface area contributed by atoms with E-state index in [-0.39, 0.29) is 0 Å². The van der Waals surface area contributed by atoms with Crippen LogP contribution in [0.15, 0.2) is 64.2 Å². The molecule has 0 aliphatic carbocycles. The number of hydrogen-bond donors (Lipinski definition) is 2. The van der Waals surface area contributed by atoms with E-state index >= 15 is 0 Å². The summed E-state index contributed by atoms with van der Waals surface area (Å²) in [6.07, 6.45) is 3.69. The van der Waals surface area contributed by atoms with E-state index in [0.717, 1.165) is 42.4 Å². The van der Waals surface area contributed by atoms with E-state index in [1.807, 2.05) is 24.3 Å². The summed E-state index contributed by atoms with van der Waals surface area (Å²) in [5, 5.41) is 6.61. The zero-order chi connectivity index (χ0) is 20.5. The van der Waals surface area contributed by atoms with Gasteiger partial charge in [-0.25, -0.2) is 4.98 Å². The van der Waals surface area contributed by atoms with Gasteiger partial charge in [0.15, 0.2) is 5.96 Å². The van der Waals surface area contributed by atoms with Crippen molar-refractivity contribution in [1.82, 2.24) is 15.6 Å². The number of hydrogen-bond acceptors (Lipinski definition) is 4. The Morgan fingerprint density at radius 3 is 2.52 bits per heavy atom. The summed E-state index contributed by atoms with van der Waals surface area (Å²) in [5.41, 5.74) is 4.32. The minimum Gasteiger partial charge on any atom is -0.497 e. The Hall–Kier alpha value is -3.28. The van der Waals surface area contributed by atoms with Crippen LogP contribution < -0.4 is 15.4 Å². The third-order valence-corrected chi connectivity index (χ3v) is 4.60. The van der Waals surface area contributed by atoms with Crippen LogP contribution in [0, 0.1) is 6.92 Å². The number of guanidine groups is 1. The van der Waals surface area contributed by atoms with Crippen LogP contribution in [-0.2, 0) is 13.0 Å². The molecule has 1 aromatic heterocycles. The summed E-state index contributed by atoms with van der Waals surface area (Å²) >= 11 is 0. The molecule has 0 fully saturated rings. The highest BCUT2D eigenvalue weighted by Gasteiger charge is 2.07. The predicted octanol–water partition coefficient (Wildman–Crippen LogP) is 3.96. The monoisotopic (exact) mass is 392 g/mol. The van der Waals surface area contributed by atoms with Crippen molar-refractivity contribution in [3.8, 4) is 17.2 Å². The van der Waals surface area contributed by atoms with Gasteiger partial charge in [0, 0.05) is 19.2 Å². The summed E-state index contributed by atoms with van der Waals surface area (Å²) in [7, 11) is 3.44. The normalized spacial score (nSPS) is 11.3. The molecule has 0 unspecified atom stereocenters. The molecule has 1 heterocycles. The highest BCUT2D eigenvalue weighted by molar-refractivity contribution is 5.79. The molecule has 2 N–H and O–H groups in total. The molecule has 0 aliphatic heterocycles. The first kappa shape index (κ1) is 20.5. The molecule has 0 saturated heterocycles. The Morgan fingerprint density at radius 1 is 1.07 bits per heavy atom. The highest BCUT2D eigenvalue weighted by atomic mass is 16.5. The number of nitrogens with zero attached hydrogens (tertiary/aromatic N) is 2. The minimum absolute atomic E-state index is 0.549. The standard InChI is InChI=1S/C23H28N4O2/c1-17-6-10-19(11-7-17)22-27-20(16-29-22)15-26-23(24-2)25-14-4-5-18-8-12-21(28-3)13-9-18/h6-13,16H,4-5,14-15H2,1-3H3,(H2,24,25,26). The van der Waals surface area contributed by atoms with Gasteiger partial charge in [0.05, 0.1) is 19.3 Å². The second-order valence-electron chi connectivity index (χ2n) is 6.81. The Bertz CT molecular complexity index is 915. The molecular formula is C23H28N4O2. The van der Waals surface area contributed by atoms with Crippen LogP contribution in [0.3, 0.4) is 0 Å². The van der Waals surface area contributed by atoms with Crippen molar-refractivity contribution < 1.29 is 9.15 Å². The average molecular weight is 393 g/mol. The Balaban J connectivity index is 1.41. The largest absolute Gasteiger partial charge is 0.497 e. The van der Waals surface area contributed by atoms with E-state index in [4.69, 9.17) is 9.15 Å². The van der Waals surface area contributed by atoms with Gasteiger partial charge in [-0.15, -0.1) is 0 Å². The van der Waals surface area contributed by atoms with Crippen LogP contribution in [0.25, 0.3) is 11.5 Å². The maximum atomic E-state index is 5.60. The number of rotatable bonds is 8. The lowest BCUT2D eigenvalue weighted by atomic mass is 10.1. The van der Waals surface area contributed by atoms with Crippen molar-refractivity contribution in [2.24, 2.45) is 4.99 Å².